The molecule has 0 aliphatic rings. The van der Waals surface area contributed by atoms with Gasteiger partial charge >= 0.3 is 12.1 Å². The lowest BCUT2D eigenvalue weighted by Gasteiger charge is -2.10. The second-order valence-electron chi connectivity index (χ2n) is 4.89. The van der Waals surface area contributed by atoms with Crippen LogP contribution in [0.5, 0.6) is 0 Å². The van der Waals surface area contributed by atoms with Gasteiger partial charge in [-0.3, -0.25) is 4.79 Å². The molecule has 1 rings (SSSR count). The Bertz CT molecular complexity index is 447. The van der Waals surface area contributed by atoms with Crippen LogP contribution in [0.4, 0.5) is 18.9 Å². The molecule has 0 aromatic heterocycles. The highest BCUT2D eigenvalue weighted by atomic mass is 19.4. The van der Waals surface area contributed by atoms with Gasteiger partial charge in [0, 0.05) is 12.2 Å². The van der Waals surface area contributed by atoms with E-state index in [9.17, 15) is 18.0 Å². The summed E-state index contributed by atoms with van der Waals surface area (Å²) in [7, 11) is 0. The maximum Gasteiger partial charge on any atom is 0.471 e. The minimum absolute atomic E-state index is 0.155. The molecule has 0 bridgehead atoms. The van der Waals surface area contributed by atoms with E-state index in [1.54, 1.807) is 12.1 Å². The van der Waals surface area contributed by atoms with Crippen LogP contribution in [0.2, 0.25) is 0 Å². The highest BCUT2D eigenvalue weighted by Gasteiger charge is 2.38. The summed E-state index contributed by atoms with van der Waals surface area (Å²) in [6.45, 7) is 3.59. The van der Waals surface area contributed by atoms with Crippen LogP contribution in [0.25, 0.3) is 0 Å². The number of rotatable bonds is 8. The van der Waals surface area contributed by atoms with Crippen molar-refractivity contribution >= 4 is 11.6 Å². The molecule has 0 fully saturated rings. The van der Waals surface area contributed by atoms with Crippen molar-refractivity contribution in [3.8, 4) is 0 Å². The summed E-state index contributed by atoms with van der Waals surface area (Å²) < 4.78 is 36.5. The standard InChI is InChI=1S/C15H21F3N2O/c1-2-3-4-5-9-19-11-12-7-6-8-13(10-12)20-14(21)15(16,17)18/h6-8,10,19H,2-5,9,11H2,1H3,(H,20,21). The van der Waals surface area contributed by atoms with E-state index in [1.165, 1.54) is 25.3 Å². The first-order valence-electron chi connectivity index (χ1n) is 7.11. The molecule has 118 valence electrons. The summed E-state index contributed by atoms with van der Waals surface area (Å²) in [5, 5.41) is 5.09. The molecule has 0 aliphatic heterocycles. The van der Waals surface area contributed by atoms with Gasteiger partial charge in [0.05, 0.1) is 0 Å². The van der Waals surface area contributed by atoms with Gasteiger partial charge in [-0.1, -0.05) is 38.3 Å². The second kappa shape index (κ2) is 8.67. The third kappa shape index (κ3) is 7.13. The molecular weight excluding hydrogens is 281 g/mol. The molecule has 0 radical (unpaired) electrons. The highest BCUT2D eigenvalue weighted by molar-refractivity contribution is 5.94. The van der Waals surface area contributed by atoms with Crippen molar-refractivity contribution < 1.29 is 18.0 Å². The predicted molar refractivity (Wildman–Crippen MR) is 77.0 cm³/mol. The van der Waals surface area contributed by atoms with Crippen LogP contribution in [0.1, 0.15) is 38.2 Å². The quantitative estimate of drug-likeness (QED) is 0.716. The van der Waals surface area contributed by atoms with E-state index in [4.69, 9.17) is 0 Å². The lowest BCUT2D eigenvalue weighted by molar-refractivity contribution is -0.167. The van der Waals surface area contributed by atoms with Crippen molar-refractivity contribution in [2.24, 2.45) is 0 Å². The average molecular weight is 302 g/mol. The van der Waals surface area contributed by atoms with E-state index in [0.29, 0.717) is 6.54 Å². The number of carbonyl (C=O) groups is 1. The molecule has 1 aromatic rings. The Balaban J connectivity index is 2.40. The molecule has 0 heterocycles. The van der Waals surface area contributed by atoms with Gasteiger partial charge in [0.2, 0.25) is 0 Å². The van der Waals surface area contributed by atoms with Crippen molar-refractivity contribution in [2.75, 3.05) is 11.9 Å². The zero-order valence-corrected chi connectivity index (χ0v) is 12.1. The van der Waals surface area contributed by atoms with Crippen molar-refractivity contribution in [2.45, 2.75) is 45.3 Å². The molecule has 0 spiro atoms. The van der Waals surface area contributed by atoms with Crippen LogP contribution in [0, 0.1) is 0 Å². The number of alkyl halides is 3. The third-order valence-corrected chi connectivity index (χ3v) is 2.98. The summed E-state index contributed by atoms with van der Waals surface area (Å²) in [5.41, 5.74) is 0.994. The van der Waals surface area contributed by atoms with Gasteiger partial charge in [0.1, 0.15) is 0 Å². The zero-order valence-electron chi connectivity index (χ0n) is 12.1. The Kier molecular flexibility index (Phi) is 7.22. The molecule has 21 heavy (non-hydrogen) atoms. The number of carbonyl (C=O) groups excluding carboxylic acids is 1. The van der Waals surface area contributed by atoms with Crippen LogP contribution in [-0.4, -0.2) is 18.6 Å². The third-order valence-electron chi connectivity index (χ3n) is 2.98. The summed E-state index contributed by atoms with van der Waals surface area (Å²) in [6, 6.07) is 6.42. The van der Waals surface area contributed by atoms with E-state index in [0.717, 1.165) is 18.5 Å². The van der Waals surface area contributed by atoms with Crippen molar-refractivity contribution in [1.29, 1.82) is 0 Å². The number of hydrogen-bond donors (Lipinski definition) is 2. The molecule has 0 saturated carbocycles. The van der Waals surface area contributed by atoms with Gasteiger partial charge in [-0.05, 0) is 30.7 Å². The number of hydrogen-bond acceptors (Lipinski definition) is 2. The van der Waals surface area contributed by atoms with Crippen LogP contribution in [0.3, 0.4) is 0 Å². The summed E-state index contributed by atoms with van der Waals surface area (Å²) in [5.74, 6) is -1.95. The van der Waals surface area contributed by atoms with Gasteiger partial charge in [-0.15, -0.1) is 0 Å². The predicted octanol–water partition coefficient (Wildman–Crippen LogP) is 3.86. The van der Waals surface area contributed by atoms with Crippen LogP contribution >= 0.6 is 0 Å². The van der Waals surface area contributed by atoms with E-state index >= 15 is 0 Å². The lowest BCUT2D eigenvalue weighted by Crippen LogP contribution is -2.29. The van der Waals surface area contributed by atoms with Crippen LogP contribution in [-0.2, 0) is 11.3 Å². The maximum absolute atomic E-state index is 12.2. The molecule has 0 unspecified atom stereocenters. The monoisotopic (exact) mass is 302 g/mol. The Morgan fingerprint density at radius 1 is 1.19 bits per heavy atom. The number of anilines is 1. The summed E-state index contributed by atoms with van der Waals surface area (Å²) in [4.78, 5) is 10.9. The normalized spacial score (nSPS) is 11.4. The minimum atomic E-state index is -4.87. The Hall–Kier alpha value is -1.56. The Morgan fingerprint density at radius 3 is 2.62 bits per heavy atom. The molecule has 1 aromatic carbocycles. The SMILES string of the molecule is CCCCCCNCc1cccc(NC(=O)C(F)(F)F)c1. The molecule has 2 N–H and O–H groups in total. The van der Waals surface area contributed by atoms with Crippen molar-refractivity contribution in [1.82, 2.24) is 5.32 Å². The molecule has 0 atom stereocenters. The van der Waals surface area contributed by atoms with E-state index in [2.05, 4.69) is 12.2 Å². The second-order valence-corrected chi connectivity index (χ2v) is 4.89. The Labute approximate surface area is 122 Å². The summed E-state index contributed by atoms with van der Waals surface area (Å²) in [6.07, 6.45) is -0.224. The fourth-order valence-electron chi connectivity index (χ4n) is 1.87. The zero-order chi connectivity index (χ0) is 15.7. The fraction of sp³-hybridized carbons (Fsp3) is 0.533. The molecule has 6 heteroatoms. The van der Waals surface area contributed by atoms with Crippen molar-refractivity contribution in [3.05, 3.63) is 29.8 Å². The maximum atomic E-state index is 12.2. The van der Waals surface area contributed by atoms with Crippen molar-refractivity contribution in [3.63, 3.8) is 0 Å². The smallest absolute Gasteiger partial charge is 0.318 e. The van der Waals surface area contributed by atoms with Gasteiger partial charge in [0.15, 0.2) is 0 Å². The van der Waals surface area contributed by atoms with Crippen LogP contribution in [0.15, 0.2) is 24.3 Å². The number of unbranched alkanes of at least 4 members (excludes halogenated alkanes) is 3. The van der Waals surface area contributed by atoms with Gasteiger partial charge in [-0.2, -0.15) is 13.2 Å². The van der Waals surface area contributed by atoms with E-state index in [-0.39, 0.29) is 5.69 Å². The Morgan fingerprint density at radius 2 is 1.95 bits per heavy atom. The lowest BCUT2D eigenvalue weighted by atomic mass is 10.2. The molecule has 0 aliphatic carbocycles. The number of nitrogens with one attached hydrogen (secondary N) is 2. The molecular formula is C15H21F3N2O. The fourth-order valence-corrected chi connectivity index (χ4v) is 1.87. The van der Waals surface area contributed by atoms with Gasteiger partial charge in [-0.25, -0.2) is 0 Å². The first-order valence-corrected chi connectivity index (χ1v) is 7.11. The number of amides is 1. The molecule has 1 amide bonds. The van der Waals surface area contributed by atoms with Crippen LogP contribution < -0.4 is 10.6 Å². The molecule has 0 saturated heterocycles. The first kappa shape index (κ1) is 17.5. The largest absolute Gasteiger partial charge is 0.471 e. The average Bonchev–Trinajstić information content (AvgIpc) is 2.42. The topological polar surface area (TPSA) is 41.1 Å². The minimum Gasteiger partial charge on any atom is -0.318 e. The number of benzene rings is 1. The highest BCUT2D eigenvalue weighted by Crippen LogP contribution is 2.18. The van der Waals surface area contributed by atoms with Gasteiger partial charge in [0.25, 0.3) is 0 Å². The van der Waals surface area contributed by atoms with E-state index in [1.807, 2.05) is 11.4 Å². The first-order chi connectivity index (χ1) is 9.93. The number of halogens is 3. The van der Waals surface area contributed by atoms with E-state index < -0.39 is 12.1 Å². The molecule has 3 nitrogen and oxygen atoms in total. The summed E-state index contributed by atoms with van der Waals surface area (Å²) >= 11 is 0. The van der Waals surface area contributed by atoms with Gasteiger partial charge < -0.3 is 10.6 Å².